The Hall–Kier alpha value is -2.07. The highest BCUT2D eigenvalue weighted by molar-refractivity contribution is 5.74. The van der Waals surface area contributed by atoms with E-state index >= 15 is 0 Å². The quantitative estimate of drug-likeness (QED) is 0.491. The number of carbonyl (C=O) groups excluding carboxylic acids is 1. The van der Waals surface area contributed by atoms with Crippen LogP contribution in [0.4, 0.5) is 10.5 Å². The predicted octanol–water partition coefficient (Wildman–Crippen LogP) is 0.0140. The number of nitrogens with one attached hydrogen (secondary N) is 2. The third-order valence-electron chi connectivity index (χ3n) is 5.69. The molecule has 9 nitrogen and oxygen atoms in total. The van der Waals surface area contributed by atoms with Gasteiger partial charge in [0, 0.05) is 38.8 Å². The van der Waals surface area contributed by atoms with Gasteiger partial charge >= 0.3 is 6.03 Å². The lowest BCUT2D eigenvalue weighted by molar-refractivity contribution is -0.0206. The highest BCUT2D eigenvalue weighted by Crippen LogP contribution is 2.31. The first-order valence-corrected chi connectivity index (χ1v) is 10.5. The van der Waals surface area contributed by atoms with Crippen LogP contribution in [0.5, 0.6) is 5.75 Å². The van der Waals surface area contributed by atoms with E-state index < -0.39 is 18.3 Å². The summed E-state index contributed by atoms with van der Waals surface area (Å²) in [6.07, 6.45) is -1.86. The van der Waals surface area contributed by atoms with Crippen molar-refractivity contribution in [1.82, 2.24) is 15.5 Å². The number of hydrogen-bond donors (Lipinski definition) is 4. The van der Waals surface area contributed by atoms with Gasteiger partial charge in [-0.2, -0.15) is 0 Å². The first-order valence-electron chi connectivity index (χ1n) is 10.5. The van der Waals surface area contributed by atoms with E-state index in [0.717, 1.165) is 37.6 Å². The Morgan fingerprint density at radius 1 is 1.23 bits per heavy atom. The smallest absolute Gasteiger partial charge is 0.315 e. The molecule has 2 fully saturated rings. The van der Waals surface area contributed by atoms with Crippen molar-refractivity contribution in [3.05, 3.63) is 24.3 Å². The second-order valence-corrected chi connectivity index (χ2v) is 8.08. The first kappa shape index (κ1) is 22.6. The molecule has 4 N–H and O–H groups in total. The van der Waals surface area contributed by atoms with E-state index in [1.807, 2.05) is 38.1 Å². The number of nitrogens with zero attached hydrogens (tertiary/aromatic N) is 2. The van der Waals surface area contributed by atoms with Crippen molar-refractivity contribution >= 4 is 11.7 Å². The molecule has 1 aromatic carbocycles. The van der Waals surface area contributed by atoms with Crippen LogP contribution in [-0.4, -0.2) is 98.0 Å². The zero-order valence-corrected chi connectivity index (χ0v) is 18.0. The molecule has 2 amide bonds. The summed E-state index contributed by atoms with van der Waals surface area (Å²) in [6, 6.07) is 7.41. The van der Waals surface area contributed by atoms with Crippen molar-refractivity contribution in [2.75, 3.05) is 51.3 Å². The molecule has 1 aromatic rings. The van der Waals surface area contributed by atoms with E-state index in [9.17, 15) is 15.0 Å². The lowest BCUT2D eigenvalue weighted by Crippen LogP contribution is -2.58. The monoisotopic (exact) mass is 422 g/mol. The molecule has 3 rings (SSSR count). The maximum atomic E-state index is 12.0. The summed E-state index contributed by atoms with van der Waals surface area (Å²) in [7, 11) is 1.67. The molecule has 2 aliphatic heterocycles. The second kappa shape index (κ2) is 10.3. The third kappa shape index (κ3) is 5.15. The number of ether oxygens (including phenoxy) is 2. The molecule has 0 bridgehead atoms. The zero-order valence-electron chi connectivity index (χ0n) is 18.0. The molecular formula is C21H34N4O5. The summed E-state index contributed by atoms with van der Waals surface area (Å²) in [6.45, 7) is 6.81. The van der Waals surface area contributed by atoms with Gasteiger partial charge in [0.2, 0.25) is 0 Å². The van der Waals surface area contributed by atoms with Crippen molar-refractivity contribution < 1.29 is 24.5 Å². The Balaban J connectivity index is 1.63. The van der Waals surface area contributed by atoms with E-state index in [2.05, 4.69) is 20.4 Å². The van der Waals surface area contributed by atoms with Gasteiger partial charge in [-0.25, -0.2) is 4.79 Å². The van der Waals surface area contributed by atoms with Gasteiger partial charge in [0.1, 0.15) is 18.0 Å². The fourth-order valence-corrected chi connectivity index (χ4v) is 4.25. The summed E-state index contributed by atoms with van der Waals surface area (Å²) in [5, 5.41) is 25.9. The molecule has 0 aromatic heterocycles. The highest BCUT2D eigenvalue weighted by atomic mass is 16.5. The van der Waals surface area contributed by atoms with Crippen LogP contribution in [0.15, 0.2) is 24.3 Å². The molecule has 2 heterocycles. The zero-order chi connectivity index (χ0) is 21.7. The van der Waals surface area contributed by atoms with E-state index in [1.54, 1.807) is 7.11 Å². The standard InChI is InChI=1S/C21H34N4O5/c1-14(2)23-21(28)22-12-17-19(20(27)18(13-26)30-17)25-10-8-24(9-11-25)15-6-4-5-7-16(15)29-3/h4-7,14,17-20,26-27H,8-13H2,1-3H3,(H2,22,23,28)/t17-,18+,19+,20-/m1/s1. The Labute approximate surface area is 177 Å². The number of methoxy groups -OCH3 is 1. The molecular weight excluding hydrogens is 388 g/mol. The molecule has 0 aliphatic carbocycles. The van der Waals surface area contributed by atoms with Gasteiger partial charge in [-0.05, 0) is 26.0 Å². The molecule has 4 atom stereocenters. The molecule has 168 valence electrons. The summed E-state index contributed by atoms with van der Waals surface area (Å²) in [4.78, 5) is 16.4. The van der Waals surface area contributed by atoms with Gasteiger partial charge < -0.3 is 35.2 Å². The van der Waals surface area contributed by atoms with Crippen LogP contribution in [0.25, 0.3) is 0 Å². The number of rotatable bonds is 7. The van der Waals surface area contributed by atoms with Crippen molar-refractivity contribution in [2.24, 2.45) is 0 Å². The first-order chi connectivity index (χ1) is 14.4. The molecule has 9 heteroatoms. The molecule has 0 saturated carbocycles. The Morgan fingerprint density at radius 2 is 1.93 bits per heavy atom. The predicted molar refractivity (Wildman–Crippen MR) is 114 cm³/mol. The summed E-state index contributed by atoms with van der Waals surface area (Å²) < 4.78 is 11.4. The Morgan fingerprint density at radius 3 is 2.57 bits per heavy atom. The fourth-order valence-electron chi connectivity index (χ4n) is 4.25. The number of carbonyl (C=O) groups is 1. The third-order valence-corrected chi connectivity index (χ3v) is 5.69. The molecule has 0 radical (unpaired) electrons. The minimum atomic E-state index is -0.812. The fraction of sp³-hybridized carbons (Fsp3) is 0.667. The van der Waals surface area contributed by atoms with Gasteiger partial charge in [0.05, 0.1) is 31.5 Å². The second-order valence-electron chi connectivity index (χ2n) is 8.08. The van der Waals surface area contributed by atoms with Crippen molar-refractivity contribution in [2.45, 2.75) is 44.2 Å². The molecule has 30 heavy (non-hydrogen) atoms. The number of piperazine rings is 1. The normalized spacial score (nSPS) is 27.3. The van der Waals surface area contributed by atoms with Gasteiger partial charge in [0.15, 0.2) is 0 Å². The van der Waals surface area contributed by atoms with Crippen molar-refractivity contribution in [3.63, 3.8) is 0 Å². The Bertz CT molecular complexity index is 696. The van der Waals surface area contributed by atoms with Crippen LogP contribution in [0.3, 0.4) is 0 Å². The number of urea groups is 1. The number of hydrogen-bond acceptors (Lipinski definition) is 7. The Kier molecular flexibility index (Phi) is 7.76. The lowest BCUT2D eigenvalue weighted by Gasteiger charge is -2.41. The van der Waals surface area contributed by atoms with Crippen LogP contribution in [0, 0.1) is 0 Å². The summed E-state index contributed by atoms with van der Waals surface area (Å²) >= 11 is 0. The topological polar surface area (TPSA) is 107 Å². The number of amides is 2. The van der Waals surface area contributed by atoms with Crippen LogP contribution in [0.2, 0.25) is 0 Å². The van der Waals surface area contributed by atoms with Crippen molar-refractivity contribution in [3.8, 4) is 5.75 Å². The molecule has 0 spiro atoms. The van der Waals surface area contributed by atoms with Gasteiger partial charge in [-0.15, -0.1) is 0 Å². The average molecular weight is 423 g/mol. The van der Waals surface area contributed by atoms with Crippen LogP contribution in [-0.2, 0) is 4.74 Å². The highest BCUT2D eigenvalue weighted by Gasteiger charge is 2.46. The molecule has 2 aliphatic rings. The van der Waals surface area contributed by atoms with Gasteiger partial charge in [-0.1, -0.05) is 12.1 Å². The van der Waals surface area contributed by atoms with Crippen LogP contribution < -0.4 is 20.3 Å². The van der Waals surface area contributed by atoms with Gasteiger partial charge in [-0.3, -0.25) is 4.90 Å². The lowest BCUT2D eigenvalue weighted by atomic mass is 10.0. The minimum absolute atomic E-state index is 0.0316. The summed E-state index contributed by atoms with van der Waals surface area (Å²) in [5.41, 5.74) is 1.06. The van der Waals surface area contributed by atoms with E-state index in [4.69, 9.17) is 9.47 Å². The van der Waals surface area contributed by atoms with E-state index in [-0.39, 0.29) is 31.3 Å². The number of anilines is 1. The summed E-state index contributed by atoms with van der Waals surface area (Å²) in [5.74, 6) is 0.841. The molecule has 2 saturated heterocycles. The SMILES string of the molecule is COc1ccccc1N1CCN([C@@H]2[C@H](O)[C@H](CO)O[C@@H]2CNC(=O)NC(C)C)CC1. The van der Waals surface area contributed by atoms with Crippen LogP contribution >= 0.6 is 0 Å². The van der Waals surface area contributed by atoms with E-state index in [0.29, 0.717) is 0 Å². The van der Waals surface area contributed by atoms with Crippen molar-refractivity contribution in [1.29, 1.82) is 0 Å². The maximum absolute atomic E-state index is 12.0. The number of para-hydroxylation sites is 2. The number of benzene rings is 1. The maximum Gasteiger partial charge on any atom is 0.315 e. The van der Waals surface area contributed by atoms with Crippen LogP contribution in [0.1, 0.15) is 13.8 Å². The van der Waals surface area contributed by atoms with Gasteiger partial charge in [0.25, 0.3) is 0 Å². The minimum Gasteiger partial charge on any atom is -0.495 e. The largest absolute Gasteiger partial charge is 0.495 e. The number of aliphatic hydroxyl groups is 2. The van der Waals surface area contributed by atoms with E-state index in [1.165, 1.54) is 0 Å². The average Bonchev–Trinajstić information content (AvgIpc) is 3.07. The number of aliphatic hydroxyl groups excluding tert-OH is 2. The molecule has 0 unspecified atom stereocenters.